The van der Waals surface area contributed by atoms with Crippen LogP contribution in [0.15, 0.2) is 51.8 Å². The van der Waals surface area contributed by atoms with E-state index in [4.69, 9.17) is 16.0 Å². The van der Waals surface area contributed by atoms with Crippen molar-refractivity contribution < 1.29 is 12.8 Å². The van der Waals surface area contributed by atoms with Crippen molar-refractivity contribution >= 4 is 38.3 Å². The van der Waals surface area contributed by atoms with Crippen LogP contribution in [0.1, 0.15) is 24.7 Å². The first-order valence-electron chi connectivity index (χ1n) is 8.25. The van der Waals surface area contributed by atoms with Crippen LogP contribution < -0.4 is 4.72 Å². The summed E-state index contributed by atoms with van der Waals surface area (Å²) in [6.45, 7) is 2.22. The number of sulfonamides is 1. The Morgan fingerprint density at radius 1 is 1.16 bits per heavy atom. The van der Waals surface area contributed by atoms with Crippen LogP contribution in [-0.2, 0) is 22.9 Å². The highest BCUT2D eigenvalue weighted by molar-refractivity contribution is 7.92. The van der Waals surface area contributed by atoms with Gasteiger partial charge in [-0.3, -0.25) is 4.72 Å². The van der Waals surface area contributed by atoms with Gasteiger partial charge in [0.05, 0.1) is 4.90 Å². The van der Waals surface area contributed by atoms with E-state index in [-0.39, 0.29) is 4.90 Å². The molecule has 25 heavy (non-hydrogen) atoms. The zero-order valence-electron chi connectivity index (χ0n) is 13.8. The Morgan fingerprint density at radius 2 is 1.92 bits per heavy atom. The molecule has 0 spiro atoms. The molecule has 0 bridgehead atoms. The van der Waals surface area contributed by atoms with Gasteiger partial charge in [0.1, 0.15) is 11.3 Å². The van der Waals surface area contributed by atoms with Crippen LogP contribution in [0, 0.1) is 5.92 Å². The Morgan fingerprint density at radius 3 is 2.68 bits per heavy atom. The first-order valence-corrected chi connectivity index (χ1v) is 10.1. The van der Waals surface area contributed by atoms with Gasteiger partial charge in [-0.1, -0.05) is 18.5 Å². The van der Waals surface area contributed by atoms with Gasteiger partial charge in [-0.25, -0.2) is 8.42 Å². The average Bonchev–Trinajstić information content (AvgIpc) is 2.91. The minimum Gasteiger partial charge on any atom is -0.461 e. The molecule has 1 aliphatic rings. The van der Waals surface area contributed by atoms with E-state index in [2.05, 4.69) is 11.6 Å². The van der Waals surface area contributed by atoms with Gasteiger partial charge in [0.15, 0.2) is 0 Å². The lowest BCUT2D eigenvalue weighted by Gasteiger charge is -2.16. The molecule has 3 aromatic rings. The molecule has 4 nitrogen and oxygen atoms in total. The summed E-state index contributed by atoms with van der Waals surface area (Å²) >= 11 is 5.83. The molecule has 6 heteroatoms. The third-order valence-corrected chi connectivity index (χ3v) is 6.32. The lowest BCUT2D eigenvalue weighted by molar-refractivity contribution is 0.426. The van der Waals surface area contributed by atoms with E-state index in [1.165, 1.54) is 17.7 Å². The van der Waals surface area contributed by atoms with Gasteiger partial charge in [-0.15, -0.1) is 0 Å². The standard InChI is InChI=1S/C19H18ClNO3S/c1-12-2-8-16-17-11-14(5-9-18(17)24-19(16)10-12)21-25(22,23)15-6-3-13(20)4-7-15/h3-7,9,11-12,21H,2,8,10H2,1H3/t12-/m1/s1. The molecule has 0 saturated carbocycles. The highest BCUT2D eigenvalue weighted by Crippen LogP contribution is 2.35. The topological polar surface area (TPSA) is 59.3 Å². The molecule has 130 valence electrons. The Bertz CT molecular complexity index is 1040. The van der Waals surface area contributed by atoms with Crippen LogP contribution >= 0.6 is 11.6 Å². The minimum absolute atomic E-state index is 0.181. The molecule has 0 radical (unpaired) electrons. The SMILES string of the molecule is C[C@@H]1CCc2c(oc3ccc(NS(=O)(=O)c4ccc(Cl)cc4)cc23)C1. The molecule has 4 rings (SSSR count). The molecule has 0 aliphatic heterocycles. The fourth-order valence-electron chi connectivity index (χ4n) is 3.34. The van der Waals surface area contributed by atoms with E-state index < -0.39 is 10.0 Å². The number of anilines is 1. The zero-order valence-corrected chi connectivity index (χ0v) is 15.3. The maximum absolute atomic E-state index is 12.5. The summed E-state index contributed by atoms with van der Waals surface area (Å²) < 4.78 is 33.7. The quantitative estimate of drug-likeness (QED) is 0.699. The van der Waals surface area contributed by atoms with Crippen molar-refractivity contribution in [3.63, 3.8) is 0 Å². The smallest absolute Gasteiger partial charge is 0.261 e. The van der Waals surface area contributed by atoms with Crippen LogP contribution in [0.25, 0.3) is 11.0 Å². The van der Waals surface area contributed by atoms with Gasteiger partial charge in [0.2, 0.25) is 0 Å². The van der Waals surface area contributed by atoms with E-state index in [9.17, 15) is 8.42 Å². The number of fused-ring (bicyclic) bond motifs is 3. The fourth-order valence-corrected chi connectivity index (χ4v) is 4.51. The predicted octanol–water partition coefficient (Wildman–Crippen LogP) is 5.01. The molecule has 0 fully saturated rings. The maximum atomic E-state index is 12.5. The third-order valence-electron chi connectivity index (χ3n) is 4.67. The van der Waals surface area contributed by atoms with Crippen LogP contribution in [0.4, 0.5) is 5.69 Å². The van der Waals surface area contributed by atoms with Gasteiger partial charge in [0, 0.05) is 28.1 Å². The number of nitrogens with one attached hydrogen (secondary N) is 1. The monoisotopic (exact) mass is 375 g/mol. The van der Waals surface area contributed by atoms with E-state index in [1.807, 2.05) is 12.1 Å². The summed E-state index contributed by atoms with van der Waals surface area (Å²) in [6, 6.07) is 11.5. The second-order valence-electron chi connectivity index (χ2n) is 6.62. The normalized spacial score (nSPS) is 17.4. The van der Waals surface area contributed by atoms with Crippen molar-refractivity contribution in [2.45, 2.75) is 31.1 Å². The molecule has 1 aromatic heterocycles. The molecule has 0 saturated heterocycles. The number of rotatable bonds is 3. The first-order chi connectivity index (χ1) is 11.9. The third kappa shape index (κ3) is 3.14. The van der Waals surface area contributed by atoms with Crippen molar-refractivity contribution in [2.24, 2.45) is 5.92 Å². The number of hydrogen-bond acceptors (Lipinski definition) is 3. The average molecular weight is 376 g/mol. The van der Waals surface area contributed by atoms with Crippen LogP contribution in [0.2, 0.25) is 5.02 Å². The number of hydrogen-bond donors (Lipinski definition) is 1. The summed E-state index contributed by atoms with van der Waals surface area (Å²) in [6.07, 6.45) is 3.04. The van der Waals surface area contributed by atoms with E-state index >= 15 is 0 Å². The van der Waals surface area contributed by atoms with Crippen molar-refractivity contribution in [2.75, 3.05) is 4.72 Å². The summed E-state index contributed by atoms with van der Waals surface area (Å²) in [5, 5.41) is 1.50. The molecule has 0 unspecified atom stereocenters. The van der Waals surface area contributed by atoms with Gasteiger partial charge in [0.25, 0.3) is 10.0 Å². The number of halogens is 1. The molecule has 0 amide bonds. The van der Waals surface area contributed by atoms with Crippen molar-refractivity contribution in [3.8, 4) is 0 Å². The Kier molecular flexibility index (Phi) is 4.01. The first kappa shape index (κ1) is 16.5. The number of furan rings is 1. The van der Waals surface area contributed by atoms with Crippen molar-refractivity contribution in [1.82, 2.24) is 0 Å². The predicted molar refractivity (Wildman–Crippen MR) is 99.7 cm³/mol. The van der Waals surface area contributed by atoms with Crippen LogP contribution in [-0.4, -0.2) is 8.42 Å². The van der Waals surface area contributed by atoms with Gasteiger partial charge < -0.3 is 4.42 Å². The molecule has 1 aliphatic carbocycles. The molecule has 1 N–H and O–H groups in total. The largest absolute Gasteiger partial charge is 0.461 e. The lowest BCUT2D eigenvalue weighted by atomic mass is 9.88. The zero-order chi connectivity index (χ0) is 17.6. The second kappa shape index (κ2) is 6.07. The second-order valence-corrected chi connectivity index (χ2v) is 8.74. The Hall–Kier alpha value is -1.98. The summed E-state index contributed by atoms with van der Waals surface area (Å²) in [7, 11) is -3.65. The Balaban J connectivity index is 1.69. The van der Waals surface area contributed by atoms with Gasteiger partial charge >= 0.3 is 0 Å². The van der Waals surface area contributed by atoms with Crippen molar-refractivity contribution in [1.29, 1.82) is 0 Å². The minimum atomic E-state index is -3.65. The number of aryl methyl sites for hydroxylation is 1. The van der Waals surface area contributed by atoms with Crippen LogP contribution in [0.5, 0.6) is 0 Å². The summed E-state index contributed by atoms with van der Waals surface area (Å²) in [5.74, 6) is 1.65. The van der Waals surface area contributed by atoms with Crippen molar-refractivity contribution in [3.05, 3.63) is 58.8 Å². The molecular formula is C19H18ClNO3S. The molecule has 2 aromatic carbocycles. The fraction of sp³-hybridized carbons (Fsp3) is 0.263. The molecule has 1 heterocycles. The van der Waals surface area contributed by atoms with Gasteiger partial charge in [-0.2, -0.15) is 0 Å². The lowest BCUT2D eigenvalue weighted by Crippen LogP contribution is -2.12. The summed E-state index contributed by atoms with van der Waals surface area (Å²) in [4.78, 5) is 0.181. The molecular weight excluding hydrogens is 358 g/mol. The number of benzene rings is 2. The highest BCUT2D eigenvalue weighted by atomic mass is 35.5. The molecule has 1 atom stereocenters. The maximum Gasteiger partial charge on any atom is 0.261 e. The van der Waals surface area contributed by atoms with E-state index in [0.29, 0.717) is 16.6 Å². The van der Waals surface area contributed by atoms with E-state index in [0.717, 1.165) is 36.0 Å². The Labute approximate surface area is 151 Å². The van der Waals surface area contributed by atoms with Gasteiger partial charge in [-0.05, 0) is 61.2 Å². The highest BCUT2D eigenvalue weighted by Gasteiger charge is 2.22. The van der Waals surface area contributed by atoms with E-state index in [1.54, 1.807) is 18.2 Å². The van der Waals surface area contributed by atoms with Crippen LogP contribution in [0.3, 0.4) is 0 Å². The summed E-state index contributed by atoms with van der Waals surface area (Å²) in [5.41, 5.74) is 2.55.